The van der Waals surface area contributed by atoms with Gasteiger partial charge >= 0.3 is 12.0 Å². The van der Waals surface area contributed by atoms with Crippen LogP contribution in [-0.4, -0.2) is 47.6 Å². The molecule has 1 aromatic carbocycles. The van der Waals surface area contributed by atoms with Gasteiger partial charge in [-0.3, -0.25) is 0 Å². The van der Waals surface area contributed by atoms with Gasteiger partial charge in [-0.2, -0.15) is 11.8 Å². The number of carbonyl (C=O) groups is 2. The second-order valence-electron chi connectivity index (χ2n) is 3.81. The molecule has 0 heterocycles. The second-order valence-corrected chi connectivity index (χ2v) is 4.80. The molecule has 2 N–H and O–H groups in total. The van der Waals surface area contributed by atoms with E-state index in [1.165, 1.54) is 17.0 Å². The summed E-state index contributed by atoms with van der Waals surface area (Å²) in [5, 5.41) is 11.3. The van der Waals surface area contributed by atoms with Crippen molar-refractivity contribution in [3.63, 3.8) is 0 Å². The third-order valence-electron chi connectivity index (χ3n) is 2.45. The number of nitrogens with one attached hydrogen (secondary N) is 1. The van der Waals surface area contributed by atoms with E-state index in [2.05, 4.69) is 5.32 Å². The van der Waals surface area contributed by atoms with Crippen LogP contribution in [0.1, 0.15) is 10.4 Å². The van der Waals surface area contributed by atoms with Crippen LogP contribution in [0.25, 0.3) is 0 Å². The Kier molecular flexibility index (Phi) is 5.62. The lowest BCUT2D eigenvalue weighted by Crippen LogP contribution is -2.33. The van der Waals surface area contributed by atoms with Crippen LogP contribution in [0.3, 0.4) is 0 Å². The summed E-state index contributed by atoms with van der Waals surface area (Å²) in [5.74, 6) is -1.53. The molecule has 0 aromatic heterocycles. The Labute approximate surface area is 114 Å². The van der Waals surface area contributed by atoms with Gasteiger partial charge in [0.2, 0.25) is 0 Å². The van der Waals surface area contributed by atoms with E-state index in [0.717, 1.165) is 11.8 Å². The summed E-state index contributed by atoms with van der Waals surface area (Å²) in [6.07, 6.45) is 1.92. The lowest BCUT2D eigenvalue weighted by atomic mass is 10.1. The molecule has 1 aromatic rings. The van der Waals surface area contributed by atoms with Gasteiger partial charge in [-0.1, -0.05) is 6.07 Å². The first-order chi connectivity index (χ1) is 8.97. The van der Waals surface area contributed by atoms with E-state index in [1.807, 2.05) is 6.26 Å². The topological polar surface area (TPSA) is 69.6 Å². The number of halogens is 1. The molecule has 0 aliphatic rings. The quantitative estimate of drug-likeness (QED) is 0.871. The first-order valence-electron chi connectivity index (χ1n) is 5.50. The van der Waals surface area contributed by atoms with E-state index in [9.17, 15) is 14.0 Å². The minimum absolute atomic E-state index is 0.0477. The van der Waals surface area contributed by atoms with Crippen molar-refractivity contribution in [3.05, 3.63) is 29.6 Å². The molecule has 7 heteroatoms. The van der Waals surface area contributed by atoms with Gasteiger partial charge in [0.25, 0.3) is 0 Å². The first-order valence-corrected chi connectivity index (χ1v) is 6.89. The van der Waals surface area contributed by atoms with E-state index >= 15 is 0 Å². The number of hydrogen-bond donors (Lipinski definition) is 2. The Bertz CT molecular complexity index is 482. The third kappa shape index (κ3) is 4.13. The summed E-state index contributed by atoms with van der Waals surface area (Å²) in [4.78, 5) is 24.2. The molecule has 0 aliphatic carbocycles. The minimum Gasteiger partial charge on any atom is -0.478 e. The van der Waals surface area contributed by atoms with Gasteiger partial charge in [-0.05, 0) is 18.4 Å². The van der Waals surface area contributed by atoms with Crippen LogP contribution in [0.15, 0.2) is 18.2 Å². The maximum Gasteiger partial charge on any atom is 0.340 e. The normalized spacial score (nSPS) is 10.1. The van der Waals surface area contributed by atoms with Crippen LogP contribution in [0, 0.1) is 5.82 Å². The average Bonchev–Trinajstić information content (AvgIpc) is 2.35. The van der Waals surface area contributed by atoms with Crippen molar-refractivity contribution in [1.29, 1.82) is 0 Å². The number of rotatable bonds is 5. The third-order valence-corrected chi connectivity index (χ3v) is 3.04. The van der Waals surface area contributed by atoms with Gasteiger partial charge < -0.3 is 15.3 Å². The molecule has 0 atom stereocenters. The molecule has 0 spiro atoms. The van der Waals surface area contributed by atoms with Crippen molar-refractivity contribution in [2.45, 2.75) is 0 Å². The Morgan fingerprint density at radius 1 is 1.47 bits per heavy atom. The molecular weight excluding hydrogens is 271 g/mol. The molecule has 0 aliphatic heterocycles. The van der Waals surface area contributed by atoms with Crippen LogP contribution < -0.4 is 5.32 Å². The van der Waals surface area contributed by atoms with Crippen molar-refractivity contribution >= 4 is 29.4 Å². The van der Waals surface area contributed by atoms with Gasteiger partial charge in [0.05, 0.1) is 5.69 Å². The summed E-state index contributed by atoms with van der Waals surface area (Å²) < 4.78 is 13.4. The number of carboxylic acids is 1. The molecule has 2 amide bonds. The van der Waals surface area contributed by atoms with E-state index in [1.54, 1.807) is 18.8 Å². The fraction of sp³-hybridized carbons (Fsp3) is 0.333. The molecule has 104 valence electrons. The fourth-order valence-electron chi connectivity index (χ4n) is 1.39. The largest absolute Gasteiger partial charge is 0.478 e. The van der Waals surface area contributed by atoms with Gasteiger partial charge in [-0.15, -0.1) is 0 Å². The first kappa shape index (κ1) is 15.3. The van der Waals surface area contributed by atoms with Crippen molar-refractivity contribution in [1.82, 2.24) is 4.90 Å². The van der Waals surface area contributed by atoms with Crippen LogP contribution in [0.5, 0.6) is 0 Å². The van der Waals surface area contributed by atoms with E-state index in [4.69, 9.17) is 5.11 Å². The van der Waals surface area contributed by atoms with E-state index in [-0.39, 0.29) is 5.69 Å². The summed E-state index contributed by atoms with van der Waals surface area (Å²) in [6.45, 7) is 0.519. The van der Waals surface area contributed by atoms with Gasteiger partial charge in [0, 0.05) is 19.3 Å². The molecule has 5 nitrogen and oxygen atoms in total. The zero-order valence-corrected chi connectivity index (χ0v) is 11.5. The lowest BCUT2D eigenvalue weighted by molar-refractivity contribution is 0.0693. The molecule has 0 saturated heterocycles. The molecular formula is C12H15FN2O3S. The number of urea groups is 1. The monoisotopic (exact) mass is 286 g/mol. The van der Waals surface area contributed by atoms with Crippen molar-refractivity contribution in [3.8, 4) is 0 Å². The number of hydrogen-bond acceptors (Lipinski definition) is 3. The summed E-state index contributed by atoms with van der Waals surface area (Å²) in [5.41, 5.74) is -0.581. The highest BCUT2D eigenvalue weighted by molar-refractivity contribution is 7.98. The van der Waals surface area contributed by atoms with Crippen LogP contribution in [-0.2, 0) is 0 Å². The Morgan fingerprint density at radius 2 is 2.16 bits per heavy atom. The summed E-state index contributed by atoms with van der Waals surface area (Å²) in [6, 6.07) is 3.27. The Balaban J connectivity index is 2.85. The molecule has 0 fully saturated rings. The number of benzene rings is 1. The highest BCUT2D eigenvalue weighted by Gasteiger charge is 2.18. The number of thioether (sulfide) groups is 1. The molecule has 0 radical (unpaired) electrons. The Morgan fingerprint density at radius 3 is 2.74 bits per heavy atom. The SMILES string of the molecule is CSCCN(C)C(=O)Nc1cccc(F)c1C(=O)O. The smallest absolute Gasteiger partial charge is 0.340 e. The molecule has 0 bridgehead atoms. The zero-order chi connectivity index (χ0) is 14.4. The highest BCUT2D eigenvalue weighted by Crippen LogP contribution is 2.19. The standard InChI is InChI=1S/C12H15FN2O3S/c1-15(6-7-19-2)12(18)14-9-5-3-4-8(13)10(9)11(16)17/h3-5H,6-7H2,1-2H3,(H,14,18)(H,16,17). The second kappa shape index (κ2) is 6.98. The number of carboxylic acid groups (broad SMARTS) is 1. The number of anilines is 1. The molecule has 0 saturated carbocycles. The predicted molar refractivity (Wildman–Crippen MR) is 73.4 cm³/mol. The maximum absolute atomic E-state index is 13.4. The van der Waals surface area contributed by atoms with Gasteiger partial charge in [0.1, 0.15) is 11.4 Å². The fourth-order valence-corrected chi connectivity index (χ4v) is 1.84. The number of carbonyl (C=O) groups excluding carboxylic acids is 1. The molecule has 1 rings (SSSR count). The number of aromatic carboxylic acids is 1. The molecule has 0 unspecified atom stereocenters. The van der Waals surface area contributed by atoms with E-state index in [0.29, 0.717) is 6.54 Å². The van der Waals surface area contributed by atoms with Crippen LogP contribution in [0.2, 0.25) is 0 Å². The Hall–Kier alpha value is -1.76. The molecule has 19 heavy (non-hydrogen) atoms. The maximum atomic E-state index is 13.4. The van der Waals surface area contributed by atoms with E-state index < -0.39 is 23.4 Å². The number of nitrogens with zero attached hydrogens (tertiary/aromatic N) is 1. The van der Waals surface area contributed by atoms with Gasteiger partial charge in [0.15, 0.2) is 0 Å². The highest BCUT2D eigenvalue weighted by atomic mass is 32.2. The van der Waals surface area contributed by atoms with Crippen molar-refractivity contribution in [2.75, 3.05) is 30.9 Å². The van der Waals surface area contributed by atoms with Crippen LogP contribution in [0.4, 0.5) is 14.9 Å². The zero-order valence-electron chi connectivity index (χ0n) is 10.6. The van der Waals surface area contributed by atoms with Crippen LogP contribution >= 0.6 is 11.8 Å². The van der Waals surface area contributed by atoms with Crippen molar-refractivity contribution in [2.24, 2.45) is 0 Å². The predicted octanol–water partition coefficient (Wildman–Crippen LogP) is 2.35. The summed E-state index contributed by atoms with van der Waals surface area (Å²) >= 11 is 1.59. The lowest BCUT2D eigenvalue weighted by Gasteiger charge is -2.18. The minimum atomic E-state index is -1.42. The summed E-state index contributed by atoms with van der Waals surface area (Å²) in [7, 11) is 1.59. The number of amides is 2. The van der Waals surface area contributed by atoms with Gasteiger partial charge in [-0.25, -0.2) is 14.0 Å². The van der Waals surface area contributed by atoms with Crippen molar-refractivity contribution < 1.29 is 19.1 Å². The average molecular weight is 286 g/mol.